The number of fused-ring (bicyclic) bond motifs is 2. The van der Waals surface area contributed by atoms with Crippen LogP contribution in [0.25, 0.3) is 5.65 Å². The second-order valence-electron chi connectivity index (χ2n) is 6.01. The first-order valence-corrected chi connectivity index (χ1v) is 8.78. The highest BCUT2D eigenvalue weighted by atomic mass is 127. The third-order valence-corrected chi connectivity index (χ3v) is 4.72. The first-order chi connectivity index (χ1) is 11.7. The van der Waals surface area contributed by atoms with Crippen molar-refractivity contribution in [2.24, 2.45) is 10.7 Å². The summed E-state index contributed by atoms with van der Waals surface area (Å²) in [5.74, 6) is 0.409. The summed E-state index contributed by atoms with van der Waals surface area (Å²) in [4.78, 5) is 8.93. The summed E-state index contributed by atoms with van der Waals surface area (Å²) < 4.78 is 2.99. The molecule has 0 saturated carbocycles. The van der Waals surface area contributed by atoms with E-state index >= 15 is 0 Å². The van der Waals surface area contributed by atoms with Gasteiger partial charge in [0.1, 0.15) is 5.65 Å². The van der Waals surface area contributed by atoms with Gasteiger partial charge in [-0.1, -0.05) is 6.07 Å². The first-order valence-electron chi connectivity index (χ1n) is 7.99. The lowest BCUT2D eigenvalue weighted by molar-refractivity contribution is 0.912. The predicted molar refractivity (Wildman–Crippen MR) is 116 cm³/mol. The summed E-state index contributed by atoms with van der Waals surface area (Å²) in [6, 6.07) is 10.3. The SMILES string of the molecule is I.NC(=NCc1cn2cc(Br)ccc2n1)Nc1ccc2c(c1)CCC2. The van der Waals surface area contributed by atoms with Gasteiger partial charge in [0.15, 0.2) is 5.96 Å². The molecular weight excluding hydrogens is 493 g/mol. The normalized spacial score (nSPS) is 13.6. The molecule has 0 aliphatic heterocycles. The fourth-order valence-corrected chi connectivity index (χ4v) is 3.45. The molecule has 0 saturated heterocycles. The molecule has 0 bridgehead atoms. The van der Waals surface area contributed by atoms with Crippen LogP contribution in [-0.2, 0) is 19.4 Å². The summed E-state index contributed by atoms with van der Waals surface area (Å²) in [7, 11) is 0. The molecule has 0 unspecified atom stereocenters. The van der Waals surface area contributed by atoms with E-state index in [1.54, 1.807) is 0 Å². The van der Waals surface area contributed by atoms with Crippen molar-refractivity contribution in [3.05, 3.63) is 64.0 Å². The van der Waals surface area contributed by atoms with Gasteiger partial charge in [-0.15, -0.1) is 24.0 Å². The topological polar surface area (TPSA) is 67.7 Å². The van der Waals surface area contributed by atoms with E-state index in [0.29, 0.717) is 12.5 Å². The predicted octanol–water partition coefficient (Wildman–Crippen LogP) is 4.13. The number of hydrogen-bond donors (Lipinski definition) is 2. The zero-order valence-corrected chi connectivity index (χ0v) is 17.5. The Kier molecular flexibility index (Phi) is 5.63. The second kappa shape index (κ2) is 7.74. The fraction of sp³-hybridized carbons (Fsp3) is 0.222. The molecule has 25 heavy (non-hydrogen) atoms. The number of imidazole rings is 1. The number of nitrogens with one attached hydrogen (secondary N) is 1. The highest BCUT2D eigenvalue weighted by molar-refractivity contribution is 14.0. The average Bonchev–Trinajstić information content (AvgIpc) is 3.18. The summed E-state index contributed by atoms with van der Waals surface area (Å²) in [5, 5.41) is 3.17. The number of aromatic nitrogens is 2. The summed E-state index contributed by atoms with van der Waals surface area (Å²) in [6.45, 7) is 0.447. The van der Waals surface area contributed by atoms with Gasteiger partial charge in [0.25, 0.3) is 0 Å². The molecule has 2 aromatic heterocycles. The zero-order chi connectivity index (χ0) is 16.5. The molecule has 0 fully saturated rings. The van der Waals surface area contributed by atoms with Crippen molar-refractivity contribution in [2.75, 3.05) is 5.32 Å². The Morgan fingerprint density at radius 3 is 2.92 bits per heavy atom. The molecular formula is C18H19BrIN5. The third-order valence-electron chi connectivity index (χ3n) is 4.25. The number of hydrogen-bond acceptors (Lipinski definition) is 2. The Morgan fingerprint density at radius 1 is 1.20 bits per heavy atom. The largest absolute Gasteiger partial charge is 0.370 e. The van der Waals surface area contributed by atoms with Gasteiger partial charge in [-0.2, -0.15) is 0 Å². The monoisotopic (exact) mass is 511 g/mol. The van der Waals surface area contributed by atoms with Crippen molar-refractivity contribution in [1.29, 1.82) is 0 Å². The zero-order valence-electron chi connectivity index (χ0n) is 13.6. The van der Waals surface area contributed by atoms with E-state index in [1.807, 2.05) is 28.9 Å². The number of nitrogens with zero attached hydrogens (tertiary/aromatic N) is 3. The van der Waals surface area contributed by atoms with Crippen molar-refractivity contribution in [2.45, 2.75) is 25.8 Å². The van der Waals surface area contributed by atoms with Gasteiger partial charge in [0.05, 0.1) is 12.2 Å². The Bertz CT molecular complexity index is 934. The van der Waals surface area contributed by atoms with Crippen LogP contribution in [0, 0.1) is 0 Å². The number of guanidine groups is 1. The number of nitrogens with two attached hydrogens (primary N) is 1. The van der Waals surface area contributed by atoms with Gasteiger partial charge in [-0.25, -0.2) is 9.98 Å². The van der Waals surface area contributed by atoms with Crippen molar-refractivity contribution < 1.29 is 0 Å². The number of aliphatic imine (C=N–C) groups is 1. The van der Waals surface area contributed by atoms with Gasteiger partial charge < -0.3 is 15.5 Å². The minimum Gasteiger partial charge on any atom is -0.370 e. The highest BCUT2D eigenvalue weighted by Crippen LogP contribution is 2.24. The molecule has 0 amide bonds. The fourth-order valence-electron chi connectivity index (χ4n) is 3.10. The van der Waals surface area contributed by atoms with Crippen LogP contribution in [-0.4, -0.2) is 15.3 Å². The molecule has 7 heteroatoms. The van der Waals surface area contributed by atoms with Crippen molar-refractivity contribution in [1.82, 2.24) is 9.38 Å². The van der Waals surface area contributed by atoms with E-state index in [-0.39, 0.29) is 24.0 Å². The van der Waals surface area contributed by atoms with Gasteiger partial charge in [-0.05, 0) is 70.6 Å². The van der Waals surface area contributed by atoms with Crippen LogP contribution >= 0.6 is 39.9 Å². The minimum absolute atomic E-state index is 0. The van der Waals surface area contributed by atoms with Crippen LogP contribution < -0.4 is 11.1 Å². The molecule has 4 rings (SSSR count). The highest BCUT2D eigenvalue weighted by Gasteiger charge is 2.10. The molecule has 1 aliphatic rings. The van der Waals surface area contributed by atoms with Crippen molar-refractivity contribution in [3.8, 4) is 0 Å². The molecule has 2 heterocycles. The lowest BCUT2D eigenvalue weighted by atomic mass is 10.1. The van der Waals surface area contributed by atoms with E-state index in [4.69, 9.17) is 5.73 Å². The number of pyridine rings is 1. The van der Waals surface area contributed by atoms with Crippen LogP contribution in [0.3, 0.4) is 0 Å². The lowest BCUT2D eigenvalue weighted by Gasteiger charge is -2.07. The third kappa shape index (κ3) is 4.14. The smallest absolute Gasteiger partial charge is 0.193 e. The van der Waals surface area contributed by atoms with Crippen molar-refractivity contribution in [3.63, 3.8) is 0 Å². The van der Waals surface area contributed by atoms with Crippen LogP contribution in [0.5, 0.6) is 0 Å². The molecule has 3 N–H and O–H groups in total. The molecule has 0 spiro atoms. The Labute approximate surface area is 171 Å². The number of rotatable bonds is 3. The standard InChI is InChI=1S/C18H18BrN5.HI/c19-14-5-7-17-22-16(11-24(17)10-14)9-21-18(20)23-15-6-4-12-2-1-3-13(12)8-15;/h4-8,10-11H,1-3,9H2,(H3,20,21,23);1H. The summed E-state index contributed by atoms with van der Waals surface area (Å²) in [5.41, 5.74) is 11.7. The maximum absolute atomic E-state index is 6.01. The minimum atomic E-state index is 0. The molecule has 130 valence electrons. The number of halogens is 2. The van der Waals surface area contributed by atoms with E-state index < -0.39 is 0 Å². The van der Waals surface area contributed by atoms with Crippen LogP contribution in [0.1, 0.15) is 23.2 Å². The summed E-state index contributed by atoms with van der Waals surface area (Å²) >= 11 is 3.46. The van der Waals surface area contributed by atoms with Gasteiger partial charge in [0.2, 0.25) is 0 Å². The first kappa shape index (κ1) is 18.2. The van der Waals surface area contributed by atoms with Gasteiger partial charge in [0, 0.05) is 22.6 Å². The molecule has 1 aromatic carbocycles. The van der Waals surface area contributed by atoms with Gasteiger partial charge >= 0.3 is 0 Å². The molecule has 0 radical (unpaired) electrons. The number of benzene rings is 1. The summed E-state index contributed by atoms with van der Waals surface area (Å²) in [6.07, 6.45) is 7.52. The molecule has 5 nitrogen and oxygen atoms in total. The van der Waals surface area contributed by atoms with E-state index in [2.05, 4.69) is 49.4 Å². The van der Waals surface area contributed by atoms with E-state index in [9.17, 15) is 0 Å². The van der Waals surface area contributed by atoms with Crippen LogP contribution in [0.4, 0.5) is 5.69 Å². The van der Waals surface area contributed by atoms with Crippen LogP contribution in [0.15, 0.2) is 52.2 Å². The quantitative estimate of drug-likeness (QED) is 0.315. The van der Waals surface area contributed by atoms with Crippen molar-refractivity contribution >= 4 is 57.2 Å². The maximum Gasteiger partial charge on any atom is 0.193 e. The lowest BCUT2D eigenvalue weighted by Crippen LogP contribution is -2.22. The average molecular weight is 512 g/mol. The maximum atomic E-state index is 6.01. The second-order valence-corrected chi connectivity index (χ2v) is 6.92. The van der Waals surface area contributed by atoms with Gasteiger partial charge in [-0.3, -0.25) is 0 Å². The Balaban J connectivity index is 0.00000182. The molecule has 3 aromatic rings. The van der Waals surface area contributed by atoms with E-state index in [1.165, 1.54) is 24.0 Å². The molecule has 0 atom stereocenters. The van der Waals surface area contributed by atoms with Crippen LogP contribution in [0.2, 0.25) is 0 Å². The van der Waals surface area contributed by atoms with E-state index in [0.717, 1.165) is 27.9 Å². The Morgan fingerprint density at radius 2 is 2.04 bits per heavy atom. The number of anilines is 1. The number of aryl methyl sites for hydroxylation is 2. The molecule has 1 aliphatic carbocycles. The Hall–Kier alpha value is -1.61.